The third-order valence-electron chi connectivity index (χ3n) is 7.39. The number of unbranched alkanes of at least 4 members (excludes halogenated alkanes) is 6. The molecule has 202 valence electrons. The predicted molar refractivity (Wildman–Crippen MR) is 151 cm³/mol. The van der Waals surface area contributed by atoms with Crippen LogP contribution in [0.15, 0.2) is 58.2 Å². The summed E-state index contributed by atoms with van der Waals surface area (Å²) >= 11 is 0. The molecule has 4 nitrogen and oxygen atoms in total. The molecule has 0 aromatic heterocycles. The first-order valence-corrected chi connectivity index (χ1v) is 13.9. The van der Waals surface area contributed by atoms with Crippen LogP contribution in [0, 0.1) is 11.3 Å². The SMILES string of the molecule is CCCCCCCCCC(CC(=O)O)C(/C=C/C(C)=C/C(=O)O)=C(C)/C=C/C1=C(C)CCCC1(C)C. The van der Waals surface area contributed by atoms with Crippen molar-refractivity contribution in [2.24, 2.45) is 11.3 Å². The van der Waals surface area contributed by atoms with Gasteiger partial charge in [0.15, 0.2) is 0 Å². The van der Waals surface area contributed by atoms with Crippen molar-refractivity contribution in [3.05, 3.63) is 58.2 Å². The zero-order valence-electron chi connectivity index (χ0n) is 23.7. The second kappa shape index (κ2) is 16.4. The number of carboxylic acid groups (broad SMARTS) is 2. The van der Waals surface area contributed by atoms with Crippen molar-refractivity contribution in [1.29, 1.82) is 0 Å². The van der Waals surface area contributed by atoms with Crippen LogP contribution in [0.4, 0.5) is 0 Å². The molecule has 4 heteroatoms. The van der Waals surface area contributed by atoms with Gasteiger partial charge in [-0.1, -0.05) is 95.6 Å². The van der Waals surface area contributed by atoms with Crippen LogP contribution in [0.3, 0.4) is 0 Å². The number of hydrogen-bond donors (Lipinski definition) is 2. The molecule has 0 heterocycles. The lowest BCUT2D eigenvalue weighted by Crippen LogP contribution is -2.19. The summed E-state index contributed by atoms with van der Waals surface area (Å²) in [5.41, 5.74) is 5.61. The van der Waals surface area contributed by atoms with Gasteiger partial charge in [-0.2, -0.15) is 0 Å². The van der Waals surface area contributed by atoms with E-state index in [-0.39, 0.29) is 17.8 Å². The predicted octanol–water partition coefficient (Wildman–Crippen LogP) is 9.20. The number of carboxylic acids is 2. The summed E-state index contributed by atoms with van der Waals surface area (Å²) in [6.45, 7) is 12.8. The van der Waals surface area contributed by atoms with Crippen LogP contribution in [0.2, 0.25) is 0 Å². The Labute approximate surface area is 220 Å². The number of carbonyl (C=O) groups is 2. The van der Waals surface area contributed by atoms with Gasteiger partial charge in [0.05, 0.1) is 6.42 Å². The van der Waals surface area contributed by atoms with Gasteiger partial charge in [0.2, 0.25) is 0 Å². The largest absolute Gasteiger partial charge is 0.481 e. The molecule has 0 aromatic carbocycles. The number of aliphatic carboxylic acids is 2. The highest BCUT2D eigenvalue weighted by atomic mass is 16.4. The van der Waals surface area contributed by atoms with Crippen LogP contribution in [-0.2, 0) is 9.59 Å². The molecular formula is C32H50O4. The van der Waals surface area contributed by atoms with Crippen molar-refractivity contribution in [3.63, 3.8) is 0 Å². The van der Waals surface area contributed by atoms with Gasteiger partial charge in [0, 0.05) is 6.08 Å². The third-order valence-corrected chi connectivity index (χ3v) is 7.39. The molecule has 2 N–H and O–H groups in total. The van der Waals surface area contributed by atoms with Crippen molar-refractivity contribution in [2.75, 3.05) is 0 Å². The highest BCUT2D eigenvalue weighted by Gasteiger charge is 2.26. The van der Waals surface area contributed by atoms with E-state index < -0.39 is 11.9 Å². The number of allylic oxidation sites excluding steroid dienone is 9. The summed E-state index contributed by atoms with van der Waals surface area (Å²) in [7, 11) is 0. The average molecular weight is 499 g/mol. The number of rotatable bonds is 16. The van der Waals surface area contributed by atoms with E-state index >= 15 is 0 Å². The molecule has 0 bridgehead atoms. The van der Waals surface area contributed by atoms with E-state index in [9.17, 15) is 14.7 Å². The van der Waals surface area contributed by atoms with E-state index in [1.54, 1.807) is 13.0 Å². The molecular weight excluding hydrogens is 448 g/mol. The van der Waals surface area contributed by atoms with E-state index in [1.165, 1.54) is 62.2 Å². The van der Waals surface area contributed by atoms with Crippen molar-refractivity contribution in [1.82, 2.24) is 0 Å². The van der Waals surface area contributed by atoms with Gasteiger partial charge < -0.3 is 10.2 Å². The molecule has 0 saturated heterocycles. The van der Waals surface area contributed by atoms with Gasteiger partial charge >= 0.3 is 11.9 Å². The van der Waals surface area contributed by atoms with Crippen LogP contribution >= 0.6 is 0 Å². The van der Waals surface area contributed by atoms with E-state index in [2.05, 4.69) is 46.8 Å². The maximum Gasteiger partial charge on any atom is 0.328 e. The minimum Gasteiger partial charge on any atom is -0.481 e. The fourth-order valence-electron chi connectivity index (χ4n) is 5.29. The molecule has 36 heavy (non-hydrogen) atoms. The minimum atomic E-state index is -0.980. The zero-order valence-corrected chi connectivity index (χ0v) is 23.7. The first-order valence-electron chi connectivity index (χ1n) is 13.9. The van der Waals surface area contributed by atoms with Gasteiger partial charge in [0.1, 0.15) is 0 Å². The minimum absolute atomic E-state index is 0.0790. The smallest absolute Gasteiger partial charge is 0.328 e. The van der Waals surface area contributed by atoms with Crippen LogP contribution in [0.25, 0.3) is 0 Å². The monoisotopic (exact) mass is 498 g/mol. The second-order valence-corrected chi connectivity index (χ2v) is 11.2. The molecule has 1 unspecified atom stereocenters. The molecule has 0 radical (unpaired) electrons. The summed E-state index contributed by atoms with van der Waals surface area (Å²) in [5.74, 6) is -1.88. The van der Waals surface area contributed by atoms with E-state index in [0.29, 0.717) is 5.57 Å². The lowest BCUT2D eigenvalue weighted by molar-refractivity contribution is -0.138. The topological polar surface area (TPSA) is 74.6 Å². The van der Waals surface area contributed by atoms with E-state index in [0.717, 1.165) is 36.8 Å². The Balaban J connectivity index is 3.26. The molecule has 0 spiro atoms. The van der Waals surface area contributed by atoms with Gasteiger partial charge in [0.25, 0.3) is 0 Å². The molecule has 1 rings (SSSR count). The molecule has 1 aliphatic rings. The summed E-state index contributed by atoms with van der Waals surface area (Å²) < 4.78 is 0. The van der Waals surface area contributed by atoms with Crippen LogP contribution < -0.4 is 0 Å². The Morgan fingerprint density at radius 2 is 1.61 bits per heavy atom. The Bertz CT molecular complexity index is 880. The Morgan fingerprint density at radius 1 is 0.972 bits per heavy atom. The lowest BCUT2D eigenvalue weighted by Gasteiger charge is -2.33. The van der Waals surface area contributed by atoms with Gasteiger partial charge in [-0.05, 0) is 80.1 Å². The van der Waals surface area contributed by atoms with Crippen LogP contribution in [-0.4, -0.2) is 22.2 Å². The first kappa shape index (κ1) is 31.7. The second-order valence-electron chi connectivity index (χ2n) is 11.2. The molecule has 0 aromatic rings. The standard InChI is InChI=1S/C32H50O4/c1-7-8-9-10-11-12-13-16-27(23-31(35)36)28(19-17-24(2)22-30(33)34)25(3)18-20-29-26(4)15-14-21-32(29,5)6/h17-20,22,27H,7-16,21,23H2,1-6H3,(H,33,34)(H,35,36)/b19-17+,20-18+,24-22+,28-25+. The first-order chi connectivity index (χ1) is 17.0. The quantitative estimate of drug-likeness (QED) is 0.126. The fraction of sp³-hybridized carbons (Fsp3) is 0.625. The highest BCUT2D eigenvalue weighted by molar-refractivity contribution is 5.81. The Hall–Kier alpha value is -2.36. The number of hydrogen-bond acceptors (Lipinski definition) is 2. The van der Waals surface area contributed by atoms with Gasteiger partial charge in [-0.15, -0.1) is 0 Å². The van der Waals surface area contributed by atoms with E-state index in [1.807, 2.05) is 6.08 Å². The van der Waals surface area contributed by atoms with Crippen molar-refractivity contribution in [2.45, 2.75) is 119 Å². The van der Waals surface area contributed by atoms with Gasteiger partial charge in [-0.3, -0.25) is 4.79 Å². The molecule has 1 aliphatic carbocycles. The summed E-state index contributed by atoms with van der Waals surface area (Å²) in [5, 5.41) is 18.8. The highest BCUT2D eigenvalue weighted by Crippen LogP contribution is 2.41. The van der Waals surface area contributed by atoms with Crippen LogP contribution in [0.1, 0.15) is 119 Å². The Morgan fingerprint density at radius 3 is 2.19 bits per heavy atom. The molecule has 0 amide bonds. The van der Waals surface area contributed by atoms with Crippen molar-refractivity contribution < 1.29 is 19.8 Å². The van der Waals surface area contributed by atoms with Gasteiger partial charge in [-0.25, -0.2) is 4.79 Å². The summed E-state index contributed by atoms with van der Waals surface area (Å²) in [4.78, 5) is 22.9. The summed E-state index contributed by atoms with van der Waals surface area (Å²) in [6, 6.07) is 0. The summed E-state index contributed by atoms with van der Waals surface area (Å²) in [6.07, 6.45) is 22.0. The average Bonchev–Trinajstić information content (AvgIpc) is 2.76. The zero-order chi connectivity index (χ0) is 27.1. The third kappa shape index (κ3) is 12.1. The molecule has 0 fully saturated rings. The van der Waals surface area contributed by atoms with Crippen molar-refractivity contribution in [3.8, 4) is 0 Å². The maximum absolute atomic E-state index is 11.8. The normalized spacial score (nSPS) is 18.1. The maximum atomic E-state index is 11.8. The molecule has 0 aliphatic heterocycles. The van der Waals surface area contributed by atoms with Crippen molar-refractivity contribution >= 4 is 11.9 Å². The fourth-order valence-corrected chi connectivity index (χ4v) is 5.29. The lowest BCUT2D eigenvalue weighted by atomic mass is 9.72. The van der Waals surface area contributed by atoms with E-state index in [4.69, 9.17) is 5.11 Å². The Kier molecular flexibility index (Phi) is 14.4. The molecule has 1 atom stereocenters. The van der Waals surface area contributed by atoms with Crippen LogP contribution in [0.5, 0.6) is 0 Å². The molecule has 0 saturated carbocycles.